The molecule has 2 N–H and O–H groups in total. The van der Waals surface area contributed by atoms with Crippen LogP contribution in [0.4, 0.5) is 0 Å². The molecule has 21 heavy (non-hydrogen) atoms. The van der Waals surface area contributed by atoms with Gasteiger partial charge in [-0.15, -0.1) is 11.3 Å². The zero-order valence-electron chi connectivity index (χ0n) is 12.0. The van der Waals surface area contributed by atoms with Crippen molar-refractivity contribution in [2.45, 2.75) is 13.8 Å². The molecule has 3 heterocycles. The number of imidazole rings is 1. The molecule has 3 aromatic heterocycles. The molecule has 0 fully saturated rings. The summed E-state index contributed by atoms with van der Waals surface area (Å²) in [6.45, 7) is 7.71. The lowest BCUT2D eigenvalue weighted by molar-refractivity contribution is 1.15. The van der Waals surface area contributed by atoms with Crippen LogP contribution in [0.1, 0.15) is 17.1 Å². The number of hydrogen-bond donors (Lipinski definition) is 2. The van der Waals surface area contributed by atoms with Gasteiger partial charge >= 0.3 is 0 Å². The molecule has 3 rings (SSSR count). The van der Waals surface area contributed by atoms with E-state index >= 15 is 0 Å². The maximum atomic E-state index is 4.71. The third-order valence-electron chi connectivity index (χ3n) is 3.24. The predicted octanol–water partition coefficient (Wildman–Crippen LogP) is 4.34. The molecule has 0 radical (unpaired) electrons. The molecule has 0 saturated carbocycles. The lowest BCUT2D eigenvalue weighted by atomic mass is 10.1. The van der Waals surface area contributed by atoms with E-state index in [1.807, 2.05) is 31.5 Å². The normalized spacial score (nSPS) is 11.3. The number of nitrogens with one attached hydrogen (secondary N) is 2. The Kier molecular flexibility index (Phi) is 3.58. The lowest BCUT2D eigenvalue weighted by Crippen LogP contribution is -1.81. The van der Waals surface area contributed by atoms with Gasteiger partial charge in [0.2, 0.25) is 0 Å². The van der Waals surface area contributed by atoms with Crippen LogP contribution in [0, 0.1) is 13.8 Å². The average molecular weight is 296 g/mol. The van der Waals surface area contributed by atoms with Gasteiger partial charge in [0.05, 0.1) is 17.6 Å². The Morgan fingerprint density at radius 1 is 1.33 bits per heavy atom. The van der Waals surface area contributed by atoms with E-state index in [0.717, 1.165) is 39.0 Å². The Labute approximate surface area is 127 Å². The first-order valence-electron chi connectivity index (χ1n) is 6.64. The molecule has 0 aliphatic carbocycles. The van der Waals surface area contributed by atoms with Crippen molar-refractivity contribution < 1.29 is 0 Å². The highest BCUT2D eigenvalue weighted by Gasteiger charge is 2.13. The first-order chi connectivity index (χ1) is 10.2. The molecule has 0 atom stereocenters. The molecule has 0 aromatic carbocycles. The molecule has 3 aromatic rings. The van der Waals surface area contributed by atoms with Crippen LogP contribution in [0.5, 0.6) is 0 Å². The Bertz CT molecular complexity index is 804. The van der Waals surface area contributed by atoms with Gasteiger partial charge in [0.1, 0.15) is 10.8 Å². The summed E-state index contributed by atoms with van der Waals surface area (Å²) in [5.41, 5.74) is 5.29. The fourth-order valence-electron chi connectivity index (χ4n) is 2.18. The van der Waals surface area contributed by atoms with Crippen molar-refractivity contribution in [2.24, 2.45) is 0 Å². The van der Waals surface area contributed by atoms with Gasteiger partial charge in [0.25, 0.3) is 0 Å². The molecule has 4 nitrogen and oxygen atoms in total. The number of aryl methyl sites for hydroxylation is 2. The summed E-state index contributed by atoms with van der Waals surface area (Å²) < 4.78 is 0. The number of allylic oxidation sites excluding steroid dienone is 2. The van der Waals surface area contributed by atoms with Crippen LogP contribution < -0.4 is 0 Å². The van der Waals surface area contributed by atoms with Crippen molar-refractivity contribution in [2.75, 3.05) is 0 Å². The fraction of sp³-hybridized carbons (Fsp3) is 0.125. The first kappa shape index (κ1) is 13.6. The quantitative estimate of drug-likeness (QED) is 0.703. The van der Waals surface area contributed by atoms with E-state index in [1.165, 1.54) is 0 Å². The zero-order chi connectivity index (χ0) is 14.8. The van der Waals surface area contributed by atoms with E-state index in [-0.39, 0.29) is 0 Å². The molecule has 0 aliphatic rings. The number of rotatable bonds is 4. The fourth-order valence-corrected chi connectivity index (χ4v) is 2.96. The highest BCUT2D eigenvalue weighted by molar-refractivity contribution is 7.13. The number of aromatic nitrogens is 4. The minimum atomic E-state index is 0.897. The van der Waals surface area contributed by atoms with Gasteiger partial charge in [-0.1, -0.05) is 24.8 Å². The van der Waals surface area contributed by atoms with Crippen molar-refractivity contribution in [3.8, 4) is 22.0 Å². The van der Waals surface area contributed by atoms with E-state index in [9.17, 15) is 0 Å². The van der Waals surface area contributed by atoms with Crippen LogP contribution in [0.15, 0.2) is 36.5 Å². The summed E-state index contributed by atoms with van der Waals surface area (Å²) in [5.74, 6) is 0.897. The van der Waals surface area contributed by atoms with Crippen LogP contribution in [0.2, 0.25) is 0 Å². The molecule has 0 unspecified atom stereocenters. The maximum Gasteiger partial charge on any atom is 0.142 e. The summed E-state index contributed by atoms with van der Waals surface area (Å²) in [5, 5.41) is 3.02. The van der Waals surface area contributed by atoms with E-state index in [0.29, 0.717) is 0 Å². The topological polar surface area (TPSA) is 57.4 Å². The number of aromatic amines is 2. The van der Waals surface area contributed by atoms with E-state index in [1.54, 1.807) is 17.4 Å². The van der Waals surface area contributed by atoms with Gasteiger partial charge in [0.15, 0.2) is 0 Å². The third kappa shape index (κ3) is 2.60. The average Bonchev–Trinajstić information content (AvgIpc) is 3.16. The summed E-state index contributed by atoms with van der Waals surface area (Å²) in [6, 6.07) is 0. The molecule has 106 valence electrons. The molecular formula is C16H16N4S. The summed E-state index contributed by atoms with van der Waals surface area (Å²) in [6.07, 6.45) is 9.57. The number of thiazole rings is 1. The summed E-state index contributed by atoms with van der Waals surface area (Å²) >= 11 is 1.61. The SMILES string of the molecule is C=C/C=C\c1c(-c2csc(-c3cnc(C)[nH]3)n2)c[nH]c1C. The van der Waals surface area contributed by atoms with Gasteiger partial charge in [-0.25, -0.2) is 9.97 Å². The van der Waals surface area contributed by atoms with Gasteiger partial charge in [-0.05, 0) is 13.8 Å². The van der Waals surface area contributed by atoms with Gasteiger partial charge in [0, 0.05) is 28.4 Å². The van der Waals surface area contributed by atoms with Gasteiger partial charge < -0.3 is 9.97 Å². The molecule has 5 heteroatoms. The van der Waals surface area contributed by atoms with Gasteiger partial charge in [-0.2, -0.15) is 0 Å². The third-order valence-corrected chi connectivity index (χ3v) is 4.12. The number of hydrogen-bond acceptors (Lipinski definition) is 3. The van der Waals surface area contributed by atoms with Crippen LogP contribution in [-0.4, -0.2) is 19.9 Å². The maximum absolute atomic E-state index is 4.71. The highest BCUT2D eigenvalue weighted by Crippen LogP contribution is 2.31. The number of H-pyrrole nitrogens is 2. The monoisotopic (exact) mass is 296 g/mol. The predicted molar refractivity (Wildman–Crippen MR) is 88.2 cm³/mol. The second kappa shape index (κ2) is 5.54. The summed E-state index contributed by atoms with van der Waals surface area (Å²) in [7, 11) is 0. The minimum Gasteiger partial charge on any atom is -0.364 e. The Morgan fingerprint density at radius 2 is 2.19 bits per heavy atom. The van der Waals surface area contributed by atoms with Crippen LogP contribution in [-0.2, 0) is 0 Å². The smallest absolute Gasteiger partial charge is 0.142 e. The van der Waals surface area contributed by atoms with Crippen molar-refractivity contribution in [1.29, 1.82) is 0 Å². The highest BCUT2D eigenvalue weighted by atomic mass is 32.1. The van der Waals surface area contributed by atoms with E-state index in [4.69, 9.17) is 4.98 Å². The van der Waals surface area contributed by atoms with Crippen molar-refractivity contribution >= 4 is 17.4 Å². The standard InChI is InChI=1S/C16H16N4S/c1-4-5-6-12-10(2)17-7-13(12)15-9-21-16(20-15)14-8-18-11(3)19-14/h4-9,17H,1H2,2-3H3,(H,18,19)/b6-5-. The van der Waals surface area contributed by atoms with Crippen LogP contribution in [0.25, 0.3) is 28.0 Å². The Morgan fingerprint density at radius 3 is 2.90 bits per heavy atom. The second-order valence-corrected chi connectivity index (χ2v) is 5.61. The molecule has 0 bridgehead atoms. The lowest BCUT2D eigenvalue weighted by Gasteiger charge is -1.96. The Balaban J connectivity index is 2.00. The minimum absolute atomic E-state index is 0.897. The van der Waals surface area contributed by atoms with Crippen molar-refractivity contribution in [3.05, 3.63) is 53.6 Å². The van der Waals surface area contributed by atoms with Crippen molar-refractivity contribution in [1.82, 2.24) is 19.9 Å². The molecular weight excluding hydrogens is 280 g/mol. The molecule has 0 saturated heterocycles. The Hall–Kier alpha value is -2.40. The van der Waals surface area contributed by atoms with Crippen molar-refractivity contribution in [3.63, 3.8) is 0 Å². The van der Waals surface area contributed by atoms with Crippen LogP contribution in [0.3, 0.4) is 0 Å². The first-order valence-corrected chi connectivity index (χ1v) is 7.52. The molecule has 0 spiro atoms. The molecule has 0 aliphatic heterocycles. The zero-order valence-corrected chi connectivity index (χ0v) is 12.8. The number of nitrogens with zero attached hydrogens (tertiary/aromatic N) is 2. The van der Waals surface area contributed by atoms with Gasteiger partial charge in [-0.3, -0.25) is 0 Å². The van der Waals surface area contributed by atoms with Crippen LogP contribution >= 0.6 is 11.3 Å². The van der Waals surface area contributed by atoms with E-state index in [2.05, 4.69) is 33.8 Å². The molecule has 0 amide bonds. The van der Waals surface area contributed by atoms with E-state index < -0.39 is 0 Å². The second-order valence-electron chi connectivity index (χ2n) is 4.76. The summed E-state index contributed by atoms with van der Waals surface area (Å²) in [4.78, 5) is 15.4. The largest absolute Gasteiger partial charge is 0.364 e.